The topological polar surface area (TPSA) is 193 Å². The van der Waals surface area contributed by atoms with Gasteiger partial charge in [0, 0.05) is 92.5 Å². The zero-order valence-corrected chi connectivity index (χ0v) is 36.2. The number of halogens is 4. The van der Waals surface area contributed by atoms with Crippen molar-refractivity contribution < 1.29 is 45.2 Å². The van der Waals surface area contributed by atoms with Crippen molar-refractivity contribution in [3.05, 3.63) is 102 Å². The van der Waals surface area contributed by atoms with Crippen molar-refractivity contribution in [1.29, 1.82) is 0 Å². The fourth-order valence-corrected chi connectivity index (χ4v) is 9.26. The largest absolute Gasteiger partial charge is 0.374 e. The zero-order valence-electron chi connectivity index (χ0n) is 35.4. The standard InChI is InChI=1S/C44H46F4N10O6S/c1-3-55(2)65(63,64)54-34-10-9-33(45)39(40(34)46)41(61)31-23-51-42-30(31)20-28(22-50-42)27-6-12-36(49-21-27)57-16-18-58(19-17-57)38(60)24-56-15-14-32(44(47,48)25-56)26-4-7-29(8-5-26)52-35-11-13-37(59)53-43(35)62/h4-10,12,20-23,32,35,52,54H,3,11,13-19,24-25H2,1-2H3,(H,50,51)(H,53,59,62)/t32-,35?/m0/s1. The predicted octanol–water partition coefficient (Wildman–Crippen LogP) is 4.73. The molecule has 2 aromatic carbocycles. The number of rotatable bonds is 13. The molecule has 342 valence electrons. The number of nitrogens with one attached hydrogen (secondary N) is 4. The van der Waals surface area contributed by atoms with Gasteiger partial charge in [-0.2, -0.15) is 12.7 Å². The molecule has 0 bridgehead atoms. The first-order valence-electron chi connectivity index (χ1n) is 21.0. The molecule has 3 aliphatic rings. The molecule has 0 aliphatic carbocycles. The number of fused-ring (bicyclic) bond motifs is 1. The van der Waals surface area contributed by atoms with Crippen LogP contribution in [0.3, 0.4) is 0 Å². The number of alkyl halides is 2. The van der Waals surface area contributed by atoms with Crippen LogP contribution in [0.5, 0.6) is 0 Å². The van der Waals surface area contributed by atoms with Gasteiger partial charge in [0.15, 0.2) is 5.82 Å². The van der Waals surface area contributed by atoms with Crippen molar-refractivity contribution in [3.8, 4) is 11.1 Å². The average molecular weight is 919 g/mol. The molecule has 5 aromatic rings. The van der Waals surface area contributed by atoms with Gasteiger partial charge in [-0.25, -0.2) is 27.5 Å². The Hall–Kier alpha value is -6.45. The minimum Gasteiger partial charge on any atom is -0.374 e. The van der Waals surface area contributed by atoms with Crippen LogP contribution in [0, 0.1) is 11.6 Å². The van der Waals surface area contributed by atoms with Crippen LogP contribution in [0.15, 0.2) is 73.2 Å². The van der Waals surface area contributed by atoms with Gasteiger partial charge in [-0.15, -0.1) is 0 Å². The number of aromatic amines is 1. The maximum absolute atomic E-state index is 15.6. The van der Waals surface area contributed by atoms with Crippen LogP contribution < -0.4 is 20.3 Å². The summed E-state index contributed by atoms with van der Waals surface area (Å²) in [5.41, 5.74) is 0.907. The summed E-state index contributed by atoms with van der Waals surface area (Å²) in [4.78, 5) is 67.5. The molecule has 3 amide bonds. The van der Waals surface area contributed by atoms with E-state index in [1.807, 2.05) is 4.90 Å². The number of H-pyrrole nitrogens is 1. The van der Waals surface area contributed by atoms with E-state index in [0.717, 1.165) is 16.4 Å². The molecule has 3 saturated heterocycles. The Morgan fingerprint density at radius 1 is 0.938 bits per heavy atom. The van der Waals surface area contributed by atoms with Gasteiger partial charge in [0.1, 0.15) is 23.3 Å². The Kier molecular flexibility index (Phi) is 12.6. The molecule has 2 atom stereocenters. The maximum Gasteiger partial charge on any atom is 0.301 e. The number of nitrogens with zero attached hydrogens (tertiary/aromatic N) is 6. The van der Waals surface area contributed by atoms with Crippen molar-refractivity contribution in [2.75, 3.05) is 74.3 Å². The highest BCUT2D eigenvalue weighted by Crippen LogP contribution is 2.41. The SMILES string of the molecule is CCN(C)S(=O)(=O)Nc1ccc(F)c(C(=O)c2c[nH]c3ncc(-c4ccc(N5CCN(C(=O)CN6CC[C@@H](c7ccc(NC8CCC(=O)NC8=O)cc7)C(F)(F)C6)CC5)nc4)cc23)c1F. The van der Waals surface area contributed by atoms with Crippen molar-refractivity contribution >= 4 is 61.9 Å². The highest BCUT2D eigenvalue weighted by molar-refractivity contribution is 7.90. The maximum atomic E-state index is 15.6. The summed E-state index contributed by atoms with van der Waals surface area (Å²) in [6.45, 7) is 2.93. The monoisotopic (exact) mass is 918 g/mol. The van der Waals surface area contributed by atoms with E-state index in [1.54, 1.807) is 66.7 Å². The van der Waals surface area contributed by atoms with Crippen molar-refractivity contribution in [1.82, 2.24) is 34.4 Å². The molecule has 21 heteroatoms. The van der Waals surface area contributed by atoms with Crippen LogP contribution in [-0.4, -0.2) is 132 Å². The van der Waals surface area contributed by atoms with Crippen LogP contribution in [0.1, 0.15) is 53.6 Å². The van der Waals surface area contributed by atoms with E-state index in [1.165, 1.54) is 18.1 Å². The zero-order chi connectivity index (χ0) is 46.2. The summed E-state index contributed by atoms with van der Waals surface area (Å²) >= 11 is 0. The molecular formula is C44H46F4N10O6S. The minimum atomic E-state index is -4.17. The van der Waals surface area contributed by atoms with Gasteiger partial charge in [-0.1, -0.05) is 19.1 Å². The Balaban J connectivity index is 0.853. The molecular weight excluding hydrogens is 873 g/mol. The van der Waals surface area contributed by atoms with E-state index in [0.29, 0.717) is 67.3 Å². The fourth-order valence-electron chi connectivity index (χ4n) is 8.33. The molecule has 3 fully saturated rings. The third-order valence-electron chi connectivity index (χ3n) is 12.2. The highest BCUT2D eigenvalue weighted by atomic mass is 32.2. The first-order valence-corrected chi connectivity index (χ1v) is 22.5. The van der Waals surface area contributed by atoms with Gasteiger partial charge in [0.25, 0.3) is 5.92 Å². The molecule has 0 spiro atoms. The number of aromatic nitrogens is 3. The lowest BCUT2D eigenvalue weighted by Gasteiger charge is -2.40. The van der Waals surface area contributed by atoms with Gasteiger partial charge in [-0.05, 0) is 67.4 Å². The van der Waals surface area contributed by atoms with Crippen LogP contribution in [-0.2, 0) is 24.6 Å². The molecule has 65 heavy (non-hydrogen) atoms. The van der Waals surface area contributed by atoms with Crippen LogP contribution >= 0.6 is 0 Å². The van der Waals surface area contributed by atoms with E-state index in [2.05, 4.69) is 30.3 Å². The Morgan fingerprint density at radius 3 is 2.35 bits per heavy atom. The van der Waals surface area contributed by atoms with Gasteiger partial charge in [0.2, 0.25) is 23.5 Å². The minimum absolute atomic E-state index is 0.0836. The van der Waals surface area contributed by atoms with Gasteiger partial charge in [0.05, 0.1) is 30.3 Å². The summed E-state index contributed by atoms with van der Waals surface area (Å²) in [6, 6.07) is 12.9. The van der Waals surface area contributed by atoms with Crippen molar-refractivity contribution in [2.45, 2.75) is 44.1 Å². The van der Waals surface area contributed by atoms with E-state index < -0.39 is 69.2 Å². The molecule has 3 aromatic heterocycles. The normalized spacial score (nSPS) is 19.4. The van der Waals surface area contributed by atoms with E-state index in [-0.39, 0.29) is 54.3 Å². The highest BCUT2D eigenvalue weighted by Gasteiger charge is 2.46. The number of pyridine rings is 2. The molecule has 4 N–H and O–H groups in total. The molecule has 3 aliphatic heterocycles. The van der Waals surface area contributed by atoms with Gasteiger partial charge in [-0.3, -0.25) is 34.1 Å². The Labute approximate surface area is 371 Å². The van der Waals surface area contributed by atoms with E-state index in [4.69, 9.17) is 0 Å². The average Bonchev–Trinajstić information content (AvgIpc) is 3.72. The summed E-state index contributed by atoms with van der Waals surface area (Å²) in [7, 11) is -2.89. The summed E-state index contributed by atoms with van der Waals surface area (Å²) in [5, 5.41) is 5.61. The molecule has 0 saturated carbocycles. The number of likely N-dealkylation sites (tertiary alicyclic amines) is 1. The lowest BCUT2D eigenvalue weighted by atomic mass is 9.86. The lowest BCUT2D eigenvalue weighted by Crippen LogP contribution is -2.54. The molecule has 8 rings (SSSR count). The van der Waals surface area contributed by atoms with Crippen molar-refractivity contribution in [2.24, 2.45) is 0 Å². The number of hydrogen-bond donors (Lipinski definition) is 4. The summed E-state index contributed by atoms with van der Waals surface area (Å²) in [5.74, 6) is -8.02. The number of carbonyl (C=O) groups is 4. The van der Waals surface area contributed by atoms with Crippen molar-refractivity contribution in [3.63, 3.8) is 0 Å². The Morgan fingerprint density at radius 2 is 1.68 bits per heavy atom. The number of piperidine rings is 2. The first kappa shape index (κ1) is 45.1. The van der Waals surface area contributed by atoms with Gasteiger partial charge >= 0.3 is 10.2 Å². The smallest absolute Gasteiger partial charge is 0.301 e. The molecule has 16 nitrogen and oxygen atoms in total. The lowest BCUT2D eigenvalue weighted by molar-refractivity contribution is -0.137. The molecule has 6 heterocycles. The number of ketones is 1. The fraction of sp³-hybridized carbons (Fsp3) is 0.364. The second-order valence-corrected chi connectivity index (χ2v) is 18.1. The second kappa shape index (κ2) is 18.2. The van der Waals surface area contributed by atoms with Crippen LogP contribution in [0.25, 0.3) is 22.2 Å². The number of carbonyl (C=O) groups excluding carboxylic acids is 4. The van der Waals surface area contributed by atoms with Crippen LogP contribution in [0.2, 0.25) is 0 Å². The number of piperazine rings is 1. The number of amides is 3. The number of anilines is 3. The summed E-state index contributed by atoms with van der Waals surface area (Å²) < 4.78 is 89.8. The first-order chi connectivity index (χ1) is 31.0. The third-order valence-corrected chi connectivity index (χ3v) is 13.7. The summed E-state index contributed by atoms with van der Waals surface area (Å²) in [6.07, 6.45) is 5.17. The third kappa shape index (κ3) is 9.52. The number of benzene rings is 2. The number of imide groups is 1. The second-order valence-electron chi connectivity index (χ2n) is 16.3. The van der Waals surface area contributed by atoms with E-state index in [9.17, 15) is 27.6 Å². The quantitative estimate of drug-likeness (QED) is 0.0725. The van der Waals surface area contributed by atoms with E-state index >= 15 is 17.6 Å². The van der Waals surface area contributed by atoms with Gasteiger partial charge < -0.3 is 20.1 Å². The molecule has 1 unspecified atom stereocenters. The Bertz CT molecular complexity index is 2750. The van der Waals surface area contributed by atoms with Crippen LogP contribution in [0.4, 0.5) is 34.8 Å². The molecule has 0 radical (unpaired) electrons. The number of hydrogen-bond acceptors (Lipinski definition) is 11. The predicted molar refractivity (Wildman–Crippen MR) is 234 cm³/mol.